The Labute approximate surface area is 78.0 Å². The van der Waals surface area contributed by atoms with E-state index < -0.39 is 0 Å². The van der Waals surface area contributed by atoms with Crippen molar-refractivity contribution in [2.24, 2.45) is 0 Å². The Balaban J connectivity index is 0.00000144. The highest BCUT2D eigenvalue weighted by Crippen LogP contribution is 2.18. The van der Waals surface area contributed by atoms with Gasteiger partial charge < -0.3 is 16.0 Å². The summed E-state index contributed by atoms with van der Waals surface area (Å²) in [5.41, 5.74) is 0.545. The van der Waals surface area contributed by atoms with Gasteiger partial charge in [-0.05, 0) is 6.92 Å². The Morgan fingerprint density at radius 1 is 1.54 bits per heavy atom. The molecular formula is C8H13N5. The number of hydrogen-bond donors (Lipinski definition) is 1. The summed E-state index contributed by atoms with van der Waals surface area (Å²) in [5.74, 6) is 0. The minimum absolute atomic E-state index is 0. The van der Waals surface area contributed by atoms with E-state index in [-0.39, 0.29) is 12.3 Å². The molecule has 0 aliphatic carbocycles. The van der Waals surface area contributed by atoms with E-state index in [2.05, 4.69) is 6.07 Å². The summed E-state index contributed by atoms with van der Waals surface area (Å²) >= 11 is 0. The van der Waals surface area contributed by atoms with Gasteiger partial charge in [0.15, 0.2) is 6.17 Å². The molecule has 5 heteroatoms. The van der Waals surface area contributed by atoms with Crippen LogP contribution in [0.15, 0.2) is 11.9 Å². The number of nitriles is 2. The van der Waals surface area contributed by atoms with Gasteiger partial charge in [0.1, 0.15) is 17.8 Å². The third kappa shape index (κ3) is 1.71. The van der Waals surface area contributed by atoms with E-state index >= 15 is 0 Å². The summed E-state index contributed by atoms with van der Waals surface area (Å²) in [5, 5.41) is 17.4. The lowest BCUT2D eigenvalue weighted by Gasteiger charge is -2.22. The number of allylic oxidation sites excluding steroid dienone is 1. The van der Waals surface area contributed by atoms with Gasteiger partial charge in [0.25, 0.3) is 0 Å². The average Bonchev–Trinajstić information content (AvgIpc) is 2.41. The molecule has 0 saturated heterocycles. The quantitative estimate of drug-likeness (QED) is 0.637. The third-order valence-electron chi connectivity index (χ3n) is 1.94. The molecule has 0 aromatic heterocycles. The summed E-state index contributed by atoms with van der Waals surface area (Å²) in [4.78, 5) is 3.50. The first-order valence-electron chi connectivity index (χ1n) is 3.74. The average molecular weight is 179 g/mol. The van der Waals surface area contributed by atoms with Crippen molar-refractivity contribution < 1.29 is 0 Å². The highest BCUT2D eigenvalue weighted by Gasteiger charge is 2.27. The summed E-state index contributed by atoms with van der Waals surface area (Å²) < 4.78 is 0. The lowest BCUT2D eigenvalue weighted by atomic mass is 10.4. The second-order valence-corrected chi connectivity index (χ2v) is 2.57. The van der Waals surface area contributed by atoms with Crippen molar-refractivity contribution in [2.45, 2.75) is 13.1 Å². The summed E-state index contributed by atoms with van der Waals surface area (Å²) in [6, 6.07) is 4.16. The number of nitrogens with zero attached hydrogens (tertiary/aromatic N) is 4. The summed E-state index contributed by atoms with van der Waals surface area (Å²) in [7, 11) is 1.75. The van der Waals surface area contributed by atoms with Gasteiger partial charge in [-0.15, -0.1) is 0 Å². The summed E-state index contributed by atoms with van der Waals surface area (Å²) in [6.45, 7) is 2.70. The van der Waals surface area contributed by atoms with Crippen LogP contribution in [0.2, 0.25) is 0 Å². The van der Waals surface area contributed by atoms with Gasteiger partial charge in [0.2, 0.25) is 0 Å². The molecule has 1 aliphatic rings. The lowest BCUT2D eigenvalue weighted by Crippen LogP contribution is -2.35. The highest BCUT2D eigenvalue weighted by molar-refractivity contribution is 5.26. The van der Waals surface area contributed by atoms with Crippen molar-refractivity contribution >= 4 is 0 Å². The molecule has 1 unspecified atom stereocenters. The fourth-order valence-corrected chi connectivity index (χ4v) is 1.21. The molecule has 0 bridgehead atoms. The smallest absolute Gasteiger partial charge is 0.192 e. The van der Waals surface area contributed by atoms with Crippen LogP contribution in [0.4, 0.5) is 0 Å². The molecule has 1 heterocycles. The van der Waals surface area contributed by atoms with Crippen molar-refractivity contribution in [1.29, 1.82) is 10.5 Å². The Kier molecular flexibility index (Phi) is 3.77. The van der Waals surface area contributed by atoms with E-state index in [9.17, 15) is 0 Å². The largest absolute Gasteiger partial charge is 0.344 e. The molecule has 13 heavy (non-hydrogen) atoms. The van der Waals surface area contributed by atoms with Crippen LogP contribution in [0.5, 0.6) is 0 Å². The fourth-order valence-electron chi connectivity index (χ4n) is 1.21. The zero-order valence-corrected chi connectivity index (χ0v) is 7.86. The lowest BCUT2D eigenvalue weighted by molar-refractivity contribution is 0.233. The molecule has 3 N–H and O–H groups in total. The predicted octanol–water partition coefficient (Wildman–Crippen LogP) is 0.630. The van der Waals surface area contributed by atoms with Crippen molar-refractivity contribution in [2.75, 3.05) is 13.6 Å². The molecule has 0 saturated carbocycles. The van der Waals surface area contributed by atoms with E-state index in [4.69, 9.17) is 10.5 Å². The number of rotatable bonds is 1. The van der Waals surface area contributed by atoms with Gasteiger partial charge >= 0.3 is 0 Å². The molecule has 0 aromatic rings. The second kappa shape index (κ2) is 4.34. The molecule has 1 aliphatic heterocycles. The zero-order valence-electron chi connectivity index (χ0n) is 7.86. The Morgan fingerprint density at radius 3 is 2.46 bits per heavy atom. The first kappa shape index (κ1) is 11.3. The predicted molar refractivity (Wildman–Crippen MR) is 48.3 cm³/mol. The van der Waals surface area contributed by atoms with Gasteiger partial charge in [-0.2, -0.15) is 10.5 Å². The molecule has 5 nitrogen and oxygen atoms in total. The standard InChI is InChI=1S/C8H10N4.H3N/c1-3-12-6-7(4-9)11(2)8(12)5-10;/h6,8H,3H2,1-2H3;1H3. The highest BCUT2D eigenvalue weighted by atomic mass is 15.4. The monoisotopic (exact) mass is 179 g/mol. The number of hydrogen-bond acceptors (Lipinski definition) is 5. The Hall–Kier alpha value is -1.72. The first-order valence-corrected chi connectivity index (χ1v) is 3.74. The molecule has 0 spiro atoms. The maximum atomic E-state index is 8.78. The Bertz CT molecular complexity index is 282. The van der Waals surface area contributed by atoms with Crippen molar-refractivity contribution in [1.82, 2.24) is 16.0 Å². The fraction of sp³-hybridized carbons (Fsp3) is 0.500. The van der Waals surface area contributed by atoms with Crippen LogP contribution in [0, 0.1) is 22.7 Å². The first-order chi connectivity index (χ1) is 5.74. The molecule has 0 amide bonds. The van der Waals surface area contributed by atoms with E-state index in [1.54, 1.807) is 18.1 Å². The van der Waals surface area contributed by atoms with Crippen LogP contribution >= 0.6 is 0 Å². The molecule has 0 fully saturated rings. The van der Waals surface area contributed by atoms with Crippen LogP contribution in [0.1, 0.15) is 6.92 Å². The van der Waals surface area contributed by atoms with Gasteiger partial charge in [0.05, 0.1) is 0 Å². The van der Waals surface area contributed by atoms with E-state index in [0.717, 1.165) is 6.54 Å². The minimum atomic E-state index is -0.315. The maximum Gasteiger partial charge on any atom is 0.192 e. The van der Waals surface area contributed by atoms with E-state index in [0.29, 0.717) is 5.70 Å². The van der Waals surface area contributed by atoms with Crippen LogP contribution in [0.25, 0.3) is 0 Å². The van der Waals surface area contributed by atoms with Gasteiger partial charge in [-0.3, -0.25) is 0 Å². The molecule has 1 rings (SSSR count). The van der Waals surface area contributed by atoms with E-state index in [1.807, 2.05) is 17.9 Å². The molecule has 0 radical (unpaired) electrons. The van der Waals surface area contributed by atoms with Gasteiger partial charge in [-0.25, -0.2) is 0 Å². The molecular weight excluding hydrogens is 166 g/mol. The van der Waals surface area contributed by atoms with Crippen LogP contribution in [-0.2, 0) is 0 Å². The summed E-state index contributed by atoms with van der Waals surface area (Å²) in [6.07, 6.45) is 1.40. The molecule has 0 aromatic carbocycles. The van der Waals surface area contributed by atoms with E-state index in [1.165, 1.54) is 0 Å². The van der Waals surface area contributed by atoms with Crippen molar-refractivity contribution in [3.05, 3.63) is 11.9 Å². The van der Waals surface area contributed by atoms with Gasteiger partial charge in [0, 0.05) is 19.8 Å². The minimum Gasteiger partial charge on any atom is -0.344 e. The van der Waals surface area contributed by atoms with Gasteiger partial charge in [-0.1, -0.05) is 0 Å². The Morgan fingerprint density at radius 2 is 2.15 bits per heavy atom. The zero-order chi connectivity index (χ0) is 9.14. The SMILES string of the molecule is CCN1C=C(C#N)N(C)C1C#N.N. The van der Waals surface area contributed by atoms with Crippen LogP contribution < -0.4 is 6.15 Å². The van der Waals surface area contributed by atoms with Crippen LogP contribution in [0.3, 0.4) is 0 Å². The molecule has 70 valence electrons. The van der Waals surface area contributed by atoms with Crippen LogP contribution in [-0.4, -0.2) is 29.6 Å². The molecule has 1 atom stereocenters. The maximum absolute atomic E-state index is 8.78. The second-order valence-electron chi connectivity index (χ2n) is 2.57. The van der Waals surface area contributed by atoms with Crippen molar-refractivity contribution in [3.8, 4) is 12.1 Å². The normalized spacial score (nSPS) is 20.0. The van der Waals surface area contributed by atoms with Crippen molar-refractivity contribution in [3.63, 3.8) is 0 Å². The topological polar surface area (TPSA) is 89.1 Å². The third-order valence-corrected chi connectivity index (χ3v) is 1.94.